The molecule has 2 aliphatic heterocycles. The average molecular weight is 382 g/mol. The second kappa shape index (κ2) is 8.47. The fourth-order valence-electron chi connectivity index (χ4n) is 3.76. The number of morpholine rings is 1. The van der Waals surface area contributed by atoms with Crippen molar-refractivity contribution >= 4 is 21.6 Å². The third-order valence-corrected chi connectivity index (χ3v) is 5.38. The predicted molar refractivity (Wildman–Crippen MR) is 99.1 cm³/mol. The standard InChI is InChI=1S/C18H28BrN3O/c1-20-12-15-3-2-6-21(13-15)14-16-4-5-17(19)11-18(16)22-7-9-23-10-8-22/h4-5,11,15,20H,2-3,6-10,12-14H2,1H3. The van der Waals surface area contributed by atoms with Crippen LogP contribution < -0.4 is 10.2 Å². The molecule has 2 aliphatic rings. The molecule has 0 spiro atoms. The van der Waals surface area contributed by atoms with Gasteiger partial charge < -0.3 is 15.0 Å². The van der Waals surface area contributed by atoms with Gasteiger partial charge in [0, 0.05) is 36.3 Å². The Kier molecular flexibility index (Phi) is 6.34. The number of rotatable bonds is 5. The fourth-order valence-corrected chi connectivity index (χ4v) is 4.11. The van der Waals surface area contributed by atoms with Crippen LogP contribution in [0.5, 0.6) is 0 Å². The molecular formula is C18H28BrN3O. The summed E-state index contributed by atoms with van der Waals surface area (Å²) >= 11 is 3.64. The summed E-state index contributed by atoms with van der Waals surface area (Å²) in [5.74, 6) is 0.788. The van der Waals surface area contributed by atoms with E-state index in [0.29, 0.717) is 0 Å². The molecule has 4 nitrogen and oxygen atoms in total. The Hall–Kier alpha value is -0.620. The van der Waals surface area contributed by atoms with E-state index in [1.807, 2.05) is 0 Å². The van der Waals surface area contributed by atoms with Crippen molar-refractivity contribution < 1.29 is 4.74 Å². The van der Waals surface area contributed by atoms with Gasteiger partial charge in [0.05, 0.1) is 13.2 Å². The molecule has 128 valence electrons. The third kappa shape index (κ3) is 4.69. The van der Waals surface area contributed by atoms with E-state index in [9.17, 15) is 0 Å². The number of ether oxygens (including phenoxy) is 1. The summed E-state index contributed by atoms with van der Waals surface area (Å²) in [4.78, 5) is 5.09. The molecule has 2 heterocycles. The van der Waals surface area contributed by atoms with Gasteiger partial charge in [-0.15, -0.1) is 0 Å². The number of nitrogens with zero attached hydrogens (tertiary/aromatic N) is 2. The van der Waals surface area contributed by atoms with Crippen LogP contribution in [0.1, 0.15) is 18.4 Å². The SMILES string of the molecule is CNCC1CCCN(Cc2ccc(Br)cc2N2CCOCC2)C1. The highest BCUT2D eigenvalue weighted by Crippen LogP contribution is 2.28. The van der Waals surface area contributed by atoms with E-state index in [4.69, 9.17) is 4.74 Å². The summed E-state index contributed by atoms with van der Waals surface area (Å²) in [7, 11) is 2.06. The van der Waals surface area contributed by atoms with Crippen LogP contribution in [0.2, 0.25) is 0 Å². The molecule has 5 heteroatoms. The molecule has 3 rings (SSSR count). The molecular weight excluding hydrogens is 354 g/mol. The second-order valence-corrected chi connectivity index (χ2v) is 7.59. The van der Waals surface area contributed by atoms with E-state index in [1.165, 1.54) is 37.2 Å². The number of likely N-dealkylation sites (tertiary alicyclic amines) is 1. The maximum atomic E-state index is 5.51. The van der Waals surface area contributed by atoms with Crippen LogP contribution in [0.3, 0.4) is 0 Å². The van der Waals surface area contributed by atoms with E-state index >= 15 is 0 Å². The van der Waals surface area contributed by atoms with Crippen molar-refractivity contribution in [3.05, 3.63) is 28.2 Å². The number of nitrogens with one attached hydrogen (secondary N) is 1. The number of hydrogen-bond donors (Lipinski definition) is 1. The molecule has 0 radical (unpaired) electrons. The Morgan fingerprint density at radius 3 is 2.87 bits per heavy atom. The Labute approximate surface area is 148 Å². The molecule has 2 saturated heterocycles. The van der Waals surface area contributed by atoms with Crippen molar-refractivity contribution in [1.82, 2.24) is 10.2 Å². The first kappa shape index (κ1) is 17.2. The molecule has 1 N–H and O–H groups in total. The maximum Gasteiger partial charge on any atom is 0.0642 e. The van der Waals surface area contributed by atoms with Crippen molar-refractivity contribution in [3.63, 3.8) is 0 Å². The number of anilines is 1. The predicted octanol–water partition coefficient (Wildman–Crippen LogP) is 2.72. The van der Waals surface area contributed by atoms with Gasteiger partial charge in [0.25, 0.3) is 0 Å². The summed E-state index contributed by atoms with van der Waals surface area (Å²) in [6.45, 7) is 8.27. The Balaban J connectivity index is 1.71. The molecule has 0 aromatic heterocycles. The lowest BCUT2D eigenvalue weighted by Gasteiger charge is -2.35. The van der Waals surface area contributed by atoms with Crippen LogP contribution in [0.15, 0.2) is 22.7 Å². The van der Waals surface area contributed by atoms with Gasteiger partial charge in [-0.05, 0) is 56.6 Å². The molecule has 0 amide bonds. The first-order valence-corrected chi connectivity index (χ1v) is 9.53. The van der Waals surface area contributed by atoms with Crippen LogP contribution in [-0.2, 0) is 11.3 Å². The van der Waals surface area contributed by atoms with Gasteiger partial charge in [0.1, 0.15) is 0 Å². The zero-order valence-corrected chi connectivity index (χ0v) is 15.6. The number of benzene rings is 1. The Morgan fingerprint density at radius 1 is 1.26 bits per heavy atom. The van der Waals surface area contributed by atoms with Gasteiger partial charge >= 0.3 is 0 Å². The molecule has 2 fully saturated rings. The minimum absolute atomic E-state index is 0.788. The van der Waals surface area contributed by atoms with E-state index < -0.39 is 0 Å². The lowest BCUT2D eigenvalue weighted by atomic mass is 9.97. The van der Waals surface area contributed by atoms with E-state index in [1.54, 1.807) is 0 Å². The van der Waals surface area contributed by atoms with Gasteiger partial charge in [0.2, 0.25) is 0 Å². The number of piperidine rings is 1. The van der Waals surface area contributed by atoms with Crippen molar-refractivity contribution in [2.75, 3.05) is 57.9 Å². The topological polar surface area (TPSA) is 27.7 Å². The normalized spacial score (nSPS) is 23.2. The monoisotopic (exact) mass is 381 g/mol. The van der Waals surface area contributed by atoms with Crippen LogP contribution in [0, 0.1) is 5.92 Å². The van der Waals surface area contributed by atoms with Crippen LogP contribution in [0.4, 0.5) is 5.69 Å². The van der Waals surface area contributed by atoms with E-state index in [0.717, 1.165) is 49.8 Å². The molecule has 23 heavy (non-hydrogen) atoms. The van der Waals surface area contributed by atoms with Gasteiger partial charge in [-0.2, -0.15) is 0 Å². The zero-order chi connectivity index (χ0) is 16.1. The minimum Gasteiger partial charge on any atom is -0.378 e. The molecule has 1 aromatic rings. The lowest BCUT2D eigenvalue weighted by molar-refractivity contribution is 0.122. The van der Waals surface area contributed by atoms with Crippen LogP contribution >= 0.6 is 15.9 Å². The first-order valence-electron chi connectivity index (χ1n) is 8.74. The average Bonchev–Trinajstić information content (AvgIpc) is 2.58. The maximum absolute atomic E-state index is 5.51. The minimum atomic E-state index is 0.788. The highest BCUT2D eigenvalue weighted by atomic mass is 79.9. The van der Waals surface area contributed by atoms with E-state index in [-0.39, 0.29) is 0 Å². The van der Waals surface area contributed by atoms with Crippen molar-refractivity contribution in [2.45, 2.75) is 19.4 Å². The zero-order valence-electron chi connectivity index (χ0n) is 14.1. The summed E-state index contributed by atoms with van der Waals surface area (Å²) in [6.07, 6.45) is 2.67. The smallest absolute Gasteiger partial charge is 0.0642 e. The van der Waals surface area contributed by atoms with Gasteiger partial charge in [0.15, 0.2) is 0 Å². The van der Waals surface area contributed by atoms with Gasteiger partial charge in [-0.3, -0.25) is 4.90 Å². The summed E-state index contributed by atoms with van der Waals surface area (Å²) in [6, 6.07) is 6.74. The third-order valence-electron chi connectivity index (χ3n) is 4.89. The van der Waals surface area contributed by atoms with Crippen molar-refractivity contribution in [1.29, 1.82) is 0 Å². The summed E-state index contributed by atoms with van der Waals surface area (Å²) < 4.78 is 6.67. The van der Waals surface area contributed by atoms with Crippen molar-refractivity contribution in [2.24, 2.45) is 5.92 Å². The molecule has 0 saturated carbocycles. The highest BCUT2D eigenvalue weighted by Gasteiger charge is 2.22. The van der Waals surface area contributed by atoms with Crippen LogP contribution in [0.25, 0.3) is 0 Å². The van der Waals surface area contributed by atoms with Gasteiger partial charge in [-0.25, -0.2) is 0 Å². The van der Waals surface area contributed by atoms with Crippen LogP contribution in [-0.4, -0.2) is 57.9 Å². The molecule has 1 atom stereocenters. The Morgan fingerprint density at radius 2 is 2.09 bits per heavy atom. The highest BCUT2D eigenvalue weighted by molar-refractivity contribution is 9.10. The summed E-state index contributed by atoms with van der Waals surface area (Å²) in [5, 5.41) is 3.34. The molecule has 1 unspecified atom stereocenters. The largest absolute Gasteiger partial charge is 0.378 e. The molecule has 1 aromatic carbocycles. The fraction of sp³-hybridized carbons (Fsp3) is 0.667. The van der Waals surface area contributed by atoms with Crippen molar-refractivity contribution in [3.8, 4) is 0 Å². The summed E-state index contributed by atoms with van der Waals surface area (Å²) in [5.41, 5.74) is 2.82. The quantitative estimate of drug-likeness (QED) is 0.848. The van der Waals surface area contributed by atoms with E-state index in [2.05, 4.69) is 56.3 Å². The Bertz CT molecular complexity index is 503. The molecule has 0 aliphatic carbocycles. The first-order chi connectivity index (χ1) is 11.3. The number of hydrogen-bond acceptors (Lipinski definition) is 4. The second-order valence-electron chi connectivity index (χ2n) is 6.67. The van der Waals surface area contributed by atoms with Gasteiger partial charge in [-0.1, -0.05) is 22.0 Å². The number of halogens is 1. The molecule has 0 bridgehead atoms. The lowest BCUT2D eigenvalue weighted by Crippen LogP contribution is -2.40.